The molecule has 0 aliphatic carbocycles. The van der Waals surface area contributed by atoms with E-state index in [0.717, 1.165) is 4.88 Å². The zero-order valence-corrected chi connectivity index (χ0v) is 12.3. The third kappa shape index (κ3) is 3.67. The van der Waals surface area contributed by atoms with Crippen molar-refractivity contribution in [2.45, 2.75) is 6.61 Å². The van der Waals surface area contributed by atoms with E-state index in [2.05, 4.69) is 10.1 Å². The Morgan fingerprint density at radius 1 is 1.32 bits per heavy atom. The molecule has 0 bridgehead atoms. The molecule has 0 aliphatic rings. The monoisotopic (exact) mass is 312 g/mol. The van der Waals surface area contributed by atoms with E-state index in [1.165, 1.54) is 6.08 Å². The van der Waals surface area contributed by atoms with Crippen LogP contribution in [0.25, 0.3) is 16.7 Å². The molecule has 3 rings (SSSR count). The lowest BCUT2D eigenvalue weighted by Gasteiger charge is -1.97. The molecule has 0 fully saturated rings. The number of hydrogen-bond acceptors (Lipinski definition) is 6. The fourth-order valence-corrected chi connectivity index (χ4v) is 2.41. The summed E-state index contributed by atoms with van der Waals surface area (Å²) in [5, 5.41) is 5.84. The van der Waals surface area contributed by atoms with Crippen molar-refractivity contribution < 1.29 is 14.1 Å². The van der Waals surface area contributed by atoms with E-state index in [9.17, 15) is 4.79 Å². The number of carbonyl (C=O) groups excluding carboxylic acids is 1. The Hall–Kier alpha value is -2.73. The van der Waals surface area contributed by atoms with Gasteiger partial charge in [-0.05, 0) is 29.7 Å². The highest BCUT2D eigenvalue weighted by atomic mass is 32.1. The second-order valence-electron chi connectivity index (χ2n) is 4.36. The van der Waals surface area contributed by atoms with Gasteiger partial charge in [-0.25, -0.2) is 4.79 Å². The van der Waals surface area contributed by atoms with E-state index in [0.29, 0.717) is 17.1 Å². The van der Waals surface area contributed by atoms with Gasteiger partial charge in [-0.3, -0.25) is 4.98 Å². The molecule has 0 saturated heterocycles. The van der Waals surface area contributed by atoms with Gasteiger partial charge in [0.2, 0.25) is 0 Å². The fourth-order valence-electron chi connectivity index (χ4n) is 1.74. The van der Waals surface area contributed by atoms with Crippen LogP contribution < -0.4 is 0 Å². The zero-order valence-electron chi connectivity index (χ0n) is 11.5. The van der Waals surface area contributed by atoms with Gasteiger partial charge in [0.1, 0.15) is 12.3 Å². The molecule has 0 spiro atoms. The van der Waals surface area contributed by atoms with E-state index in [1.54, 1.807) is 35.7 Å². The second-order valence-corrected chi connectivity index (χ2v) is 5.30. The van der Waals surface area contributed by atoms with Gasteiger partial charge in [0, 0.05) is 18.3 Å². The molecular weight excluding hydrogens is 300 g/mol. The molecule has 0 saturated carbocycles. The Bertz CT molecular complexity index is 764. The molecule has 0 radical (unpaired) electrons. The predicted octanol–water partition coefficient (Wildman–Crippen LogP) is 3.55. The molecule has 0 N–H and O–H groups in total. The van der Waals surface area contributed by atoms with Crippen LogP contribution in [0.3, 0.4) is 0 Å². The largest absolute Gasteiger partial charge is 0.456 e. The first-order chi connectivity index (χ1) is 10.8. The van der Waals surface area contributed by atoms with Crippen LogP contribution in [0.1, 0.15) is 11.4 Å². The molecule has 110 valence electrons. The Labute approximate surface area is 130 Å². The number of hydrogen-bond donors (Lipinski definition) is 0. The van der Waals surface area contributed by atoms with Crippen molar-refractivity contribution in [3.05, 3.63) is 65.4 Å². The van der Waals surface area contributed by atoms with Crippen LogP contribution in [-0.2, 0) is 16.1 Å². The van der Waals surface area contributed by atoms with Gasteiger partial charge in [-0.1, -0.05) is 17.3 Å². The first-order valence-electron chi connectivity index (χ1n) is 6.56. The smallest absolute Gasteiger partial charge is 0.331 e. The molecule has 6 heteroatoms. The van der Waals surface area contributed by atoms with Crippen molar-refractivity contribution in [1.82, 2.24) is 10.1 Å². The highest BCUT2D eigenvalue weighted by Gasteiger charge is 2.08. The van der Waals surface area contributed by atoms with Gasteiger partial charge in [-0.15, -0.1) is 11.3 Å². The summed E-state index contributed by atoms with van der Waals surface area (Å²) < 4.78 is 10.3. The summed E-state index contributed by atoms with van der Waals surface area (Å²) in [6, 6.07) is 11.1. The Morgan fingerprint density at radius 3 is 3.05 bits per heavy atom. The van der Waals surface area contributed by atoms with Crippen LogP contribution in [0.15, 0.2) is 58.6 Å². The highest BCUT2D eigenvalue weighted by Crippen LogP contribution is 2.25. The molecule has 3 heterocycles. The molecule has 0 aromatic carbocycles. The van der Waals surface area contributed by atoms with Crippen molar-refractivity contribution in [2.24, 2.45) is 0 Å². The lowest BCUT2D eigenvalue weighted by atomic mass is 10.3. The number of carbonyl (C=O) groups is 1. The van der Waals surface area contributed by atoms with E-state index in [4.69, 9.17) is 9.26 Å². The number of rotatable bonds is 5. The van der Waals surface area contributed by atoms with Gasteiger partial charge in [0.05, 0.1) is 10.6 Å². The first-order valence-corrected chi connectivity index (χ1v) is 7.44. The number of aromatic nitrogens is 2. The fraction of sp³-hybridized carbons (Fsp3) is 0.0625. The minimum Gasteiger partial charge on any atom is -0.456 e. The van der Waals surface area contributed by atoms with Gasteiger partial charge in [-0.2, -0.15) is 0 Å². The van der Waals surface area contributed by atoms with Crippen molar-refractivity contribution in [2.75, 3.05) is 0 Å². The maximum Gasteiger partial charge on any atom is 0.331 e. The van der Waals surface area contributed by atoms with E-state index in [-0.39, 0.29) is 6.61 Å². The van der Waals surface area contributed by atoms with Crippen LogP contribution in [0.4, 0.5) is 0 Å². The van der Waals surface area contributed by atoms with Crippen LogP contribution in [-0.4, -0.2) is 16.1 Å². The normalized spacial score (nSPS) is 10.9. The lowest BCUT2D eigenvalue weighted by molar-refractivity contribution is -0.139. The van der Waals surface area contributed by atoms with E-state index >= 15 is 0 Å². The number of nitrogens with zero attached hydrogens (tertiary/aromatic N) is 2. The molecule has 3 aromatic heterocycles. The van der Waals surface area contributed by atoms with E-state index in [1.807, 2.05) is 29.6 Å². The zero-order chi connectivity index (χ0) is 15.2. The third-order valence-electron chi connectivity index (χ3n) is 2.76. The molecule has 22 heavy (non-hydrogen) atoms. The maximum atomic E-state index is 11.6. The molecule has 5 nitrogen and oxygen atoms in total. The molecule has 0 unspecified atom stereocenters. The van der Waals surface area contributed by atoms with Crippen LogP contribution in [0.5, 0.6) is 0 Å². The Kier molecular flexibility index (Phi) is 4.41. The van der Waals surface area contributed by atoms with Crippen molar-refractivity contribution >= 4 is 23.4 Å². The predicted molar refractivity (Wildman–Crippen MR) is 82.9 cm³/mol. The summed E-state index contributed by atoms with van der Waals surface area (Å²) in [7, 11) is 0. The van der Waals surface area contributed by atoms with Crippen molar-refractivity contribution in [3.8, 4) is 10.6 Å². The van der Waals surface area contributed by atoms with Gasteiger partial charge < -0.3 is 9.26 Å². The van der Waals surface area contributed by atoms with Gasteiger partial charge >= 0.3 is 5.97 Å². The summed E-state index contributed by atoms with van der Waals surface area (Å²) in [6.07, 6.45) is 4.59. The number of thiophene rings is 1. The summed E-state index contributed by atoms with van der Waals surface area (Å²) in [6.45, 7) is 0.0697. The Morgan fingerprint density at radius 2 is 2.27 bits per heavy atom. The topological polar surface area (TPSA) is 65.2 Å². The SMILES string of the molecule is O=C(/C=C/c1ccccn1)OCc1cc(-c2cccs2)on1. The average Bonchev–Trinajstić information content (AvgIpc) is 3.22. The summed E-state index contributed by atoms with van der Waals surface area (Å²) in [5.41, 5.74) is 1.27. The summed E-state index contributed by atoms with van der Waals surface area (Å²) in [4.78, 5) is 16.7. The second kappa shape index (κ2) is 6.82. The number of esters is 1. The van der Waals surface area contributed by atoms with Crippen molar-refractivity contribution in [1.29, 1.82) is 0 Å². The van der Waals surface area contributed by atoms with Crippen LogP contribution >= 0.6 is 11.3 Å². The van der Waals surface area contributed by atoms with E-state index < -0.39 is 5.97 Å². The first kappa shape index (κ1) is 14.2. The van der Waals surface area contributed by atoms with Crippen LogP contribution in [0, 0.1) is 0 Å². The molecule has 0 atom stereocenters. The van der Waals surface area contributed by atoms with Gasteiger partial charge in [0.15, 0.2) is 5.76 Å². The number of pyridine rings is 1. The summed E-state index contributed by atoms with van der Waals surface area (Å²) >= 11 is 1.56. The maximum absolute atomic E-state index is 11.6. The molecule has 3 aromatic rings. The number of ether oxygens (including phenoxy) is 1. The van der Waals surface area contributed by atoms with Crippen molar-refractivity contribution in [3.63, 3.8) is 0 Å². The Balaban J connectivity index is 1.54. The minimum absolute atomic E-state index is 0.0697. The average molecular weight is 312 g/mol. The summed E-state index contributed by atoms with van der Waals surface area (Å²) in [5.74, 6) is 0.219. The van der Waals surface area contributed by atoms with Crippen LogP contribution in [0.2, 0.25) is 0 Å². The molecule has 0 amide bonds. The lowest BCUT2D eigenvalue weighted by Crippen LogP contribution is -2.00. The standard InChI is InChI=1S/C16H12N2O3S/c19-16(7-6-12-4-1-2-8-17-12)20-11-13-10-14(21-18-13)15-5-3-9-22-15/h1-10H,11H2/b7-6+. The molecular formula is C16H12N2O3S. The molecule has 0 aliphatic heterocycles. The minimum atomic E-state index is -0.452. The highest BCUT2D eigenvalue weighted by molar-refractivity contribution is 7.13. The van der Waals surface area contributed by atoms with Gasteiger partial charge in [0.25, 0.3) is 0 Å². The quantitative estimate of drug-likeness (QED) is 0.532. The third-order valence-corrected chi connectivity index (χ3v) is 3.65.